The Balaban J connectivity index is 2.83. The minimum Gasteiger partial charge on any atom is -0.369 e. The fourth-order valence-electron chi connectivity index (χ4n) is 2.29. The molecule has 0 heterocycles. The second kappa shape index (κ2) is 8.03. The summed E-state index contributed by atoms with van der Waals surface area (Å²) < 4.78 is 7.28. The summed E-state index contributed by atoms with van der Waals surface area (Å²) in [5.74, 6) is 0.635. The van der Waals surface area contributed by atoms with Gasteiger partial charge in [0.2, 0.25) is 0 Å². The molecule has 0 saturated heterocycles. The summed E-state index contributed by atoms with van der Waals surface area (Å²) in [7, 11) is 0. The average molecular weight is 328 g/mol. The maximum Gasteiger partial charge on any atom is 0.0979 e. The van der Waals surface area contributed by atoms with Gasteiger partial charge in [0.1, 0.15) is 0 Å². The molecule has 0 aliphatic rings. The van der Waals surface area contributed by atoms with E-state index in [1.807, 2.05) is 12.1 Å². The molecule has 0 aliphatic heterocycles. The fourth-order valence-corrected chi connectivity index (χ4v) is 2.71. The first-order valence-electron chi connectivity index (χ1n) is 7.10. The van der Waals surface area contributed by atoms with Crippen molar-refractivity contribution in [1.29, 1.82) is 0 Å². The standard InChI is InChI=1S/C16H26BrNO/c1-5-15(18)16(19-12(4)9-11(2)3)13-7-6-8-14(17)10-13/h6-8,10-12,15-16H,5,9,18H2,1-4H3. The van der Waals surface area contributed by atoms with Gasteiger partial charge in [-0.05, 0) is 43.4 Å². The van der Waals surface area contributed by atoms with Crippen LogP contribution in [0.25, 0.3) is 0 Å². The van der Waals surface area contributed by atoms with Gasteiger partial charge in [0, 0.05) is 10.5 Å². The molecule has 0 fully saturated rings. The van der Waals surface area contributed by atoms with Crippen molar-refractivity contribution in [3.05, 3.63) is 34.3 Å². The molecule has 0 saturated carbocycles. The van der Waals surface area contributed by atoms with Gasteiger partial charge in [-0.1, -0.05) is 48.8 Å². The number of benzene rings is 1. The van der Waals surface area contributed by atoms with Crippen molar-refractivity contribution in [1.82, 2.24) is 0 Å². The summed E-state index contributed by atoms with van der Waals surface area (Å²) in [5, 5.41) is 0. The van der Waals surface area contributed by atoms with E-state index in [-0.39, 0.29) is 18.2 Å². The molecule has 0 aromatic heterocycles. The van der Waals surface area contributed by atoms with Crippen molar-refractivity contribution >= 4 is 15.9 Å². The van der Waals surface area contributed by atoms with Crippen molar-refractivity contribution in [2.45, 2.75) is 58.8 Å². The number of ether oxygens (including phenoxy) is 1. The summed E-state index contributed by atoms with van der Waals surface area (Å²) in [4.78, 5) is 0. The summed E-state index contributed by atoms with van der Waals surface area (Å²) in [6.45, 7) is 8.67. The first-order valence-corrected chi connectivity index (χ1v) is 7.89. The molecular formula is C16H26BrNO. The van der Waals surface area contributed by atoms with Crippen LogP contribution in [0, 0.1) is 5.92 Å². The maximum atomic E-state index is 6.24. The molecule has 19 heavy (non-hydrogen) atoms. The second-order valence-electron chi connectivity index (χ2n) is 5.62. The first-order chi connectivity index (χ1) is 8.93. The molecule has 1 rings (SSSR count). The van der Waals surface area contributed by atoms with Crippen LogP contribution in [0.2, 0.25) is 0 Å². The van der Waals surface area contributed by atoms with Crippen LogP contribution in [0.5, 0.6) is 0 Å². The second-order valence-corrected chi connectivity index (χ2v) is 6.54. The van der Waals surface area contributed by atoms with Crippen LogP contribution in [0.1, 0.15) is 52.2 Å². The summed E-state index contributed by atoms with van der Waals surface area (Å²) in [6.07, 6.45) is 2.16. The molecule has 0 amide bonds. The van der Waals surface area contributed by atoms with Crippen LogP contribution >= 0.6 is 15.9 Å². The molecular weight excluding hydrogens is 302 g/mol. The summed E-state index contributed by atoms with van der Waals surface area (Å²) in [5.41, 5.74) is 7.39. The third-order valence-corrected chi connectivity index (χ3v) is 3.71. The Morgan fingerprint density at radius 3 is 2.47 bits per heavy atom. The van der Waals surface area contributed by atoms with Gasteiger partial charge >= 0.3 is 0 Å². The van der Waals surface area contributed by atoms with Crippen molar-refractivity contribution in [3.63, 3.8) is 0 Å². The van der Waals surface area contributed by atoms with E-state index in [2.05, 4.69) is 55.8 Å². The van der Waals surface area contributed by atoms with Crippen LogP contribution in [-0.4, -0.2) is 12.1 Å². The molecule has 2 nitrogen and oxygen atoms in total. The zero-order chi connectivity index (χ0) is 14.4. The quantitative estimate of drug-likeness (QED) is 0.789. The van der Waals surface area contributed by atoms with Crippen molar-refractivity contribution in [2.24, 2.45) is 11.7 Å². The molecule has 3 atom stereocenters. The molecule has 0 spiro atoms. The number of hydrogen-bond acceptors (Lipinski definition) is 2. The van der Waals surface area contributed by atoms with E-state index in [1.165, 1.54) is 0 Å². The molecule has 0 radical (unpaired) electrons. The van der Waals surface area contributed by atoms with Gasteiger partial charge in [0.05, 0.1) is 12.2 Å². The Morgan fingerprint density at radius 2 is 1.95 bits per heavy atom. The first kappa shape index (κ1) is 16.7. The highest BCUT2D eigenvalue weighted by Crippen LogP contribution is 2.27. The van der Waals surface area contributed by atoms with Crippen molar-refractivity contribution in [2.75, 3.05) is 0 Å². The normalized spacial score (nSPS) is 16.4. The highest BCUT2D eigenvalue weighted by atomic mass is 79.9. The molecule has 0 aliphatic carbocycles. The predicted octanol–water partition coefficient (Wildman–Crippen LogP) is 4.68. The van der Waals surface area contributed by atoms with Crippen LogP contribution in [-0.2, 0) is 4.74 Å². The third-order valence-electron chi connectivity index (χ3n) is 3.22. The van der Waals surface area contributed by atoms with Gasteiger partial charge in [-0.25, -0.2) is 0 Å². The highest BCUT2D eigenvalue weighted by molar-refractivity contribution is 9.10. The van der Waals surface area contributed by atoms with E-state index in [0.717, 1.165) is 22.9 Å². The molecule has 1 aromatic rings. The van der Waals surface area contributed by atoms with Gasteiger partial charge in [-0.15, -0.1) is 0 Å². The largest absolute Gasteiger partial charge is 0.369 e. The lowest BCUT2D eigenvalue weighted by Crippen LogP contribution is -2.32. The van der Waals surface area contributed by atoms with E-state index in [1.54, 1.807) is 0 Å². The van der Waals surface area contributed by atoms with Gasteiger partial charge < -0.3 is 10.5 Å². The molecule has 0 bridgehead atoms. The lowest BCUT2D eigenvalue weighted by molar-refractivity contribution is -0.0271. The van der Waals surface area contributed by atoms with Crippen LogP contribution < -0.4 is 5.73 Å². The van der Waals surface area contributed by atoms with Crippen LogP contribution in [0.4, 0.5) is 0 Å². The van der Waals surface area contributed by atoms with Gasteiger partial charge in [-0.3, -0.25) is 0 Å². The fraction of sp³-hybridized carbons (Fsp3) is 0.625. The Hall–Kier alpha value is -0.380. The molecule has 1 aromatic carbocycles. The summed E-state index contributed by atoms with van der Waals surface area (Å²) in [6, 6.07) is 8.28. The lowest BCUT2D eigenvalue weighted by atomic mass is 10.00. The van der Waals surface area contributed by atoms with E-state index in [9.17, 15) is 0 Å². The molecule has 3 unspecified atom stereocenters. The Kier molecular flexibility index (Phi) is 7.05. The molecule has 108 valence electrons. The van der Waals surface area contributed by atoms with E-state index < -0.39 is 0 Å². The molecule has 3 heteroatoms. The topological polar surface area (TPSA) is 35.2 Å². The minimum absolute atomic E-state index is 0.0313. The lowest BCUT2D eigenvalue weighted by Gasteiger charge is -2.28. The zero-order valence-electron chi connectivity index (χ0n) is 12.4. The summed E-state index contributed by atoms with van der Waals surface area (Å²) >= 11 is 3.51. The van der Waals surface area contributed by atoms with Gasteiger partial charge in [0.15, 0.2) is 0 Å². The SMILES string of the molecule is CCC(N)C(OC(C)CC(C)C)c1cccc(Br)c1. The number of halogens is 1. The Bertz CT molecular complexity index is 381. The number of rotatable bonds is 7. The third kappa shape index (κ3) is 5.64. The van der Waals surface area contributed by atoms with Crippen molar-refractivity contribution in [3.8, 4) is 0 Å². The van der Waals surface area contributed by atoms with E-state index in [0.29, 0.717) is 5.92 Å². The predicted molar refractivity (Wildman–Crippen MR) is 85.2 cm³/mol. The van der Waals surface area contributed by atoms with Gasteiger partial charge in [-0.2, -0.15) is 0 Å². The number of hydrogen-bond donors (Lipinski definition) is 1. The van der Waals surface area contributed by atoms with Crippen LogP contribution in [0.15, 0.2) is 28.7 Å². The minimum atomic E-state index is -0.0313. The van der Waals surface area contributed by atoms with Crippen molar-refractivity contribution < 1.29 is 4.74 Å². The average Bonchev–Trinajstić information content (AvgIpc) is 2.34. The zero-order valence-corrected chi connectivity index (χ0v) is 14.0. The highest BCUT2D eigenvalue weighted by Gasteiger charge is 2.22. The Labute approximate surface area is 125 Å². The van der Waals surface area contributed by atoms with Crippen LogP contribution in [0.3, 0.4) is 0 Å². The molecule has 2 N–H and O–H groups in total. The van der Waals surface area contributed by atoms with E-state index in [4.69, 9.17) is 10.5 Å². The monoisotopic (exact) mass is 327 g/mol. The van der Waals surface area contributed by atoms with E-state index >= 15 is 0 Å². The smallest absolute Gasteiger partial charge is 0.0979 e. The Morgan fingerprint density at radius 1 is 1.26 bits per heavy atom. The maximum absolute atomic E-state index is 6.24. The van der Waals surface area contributed by atoms with Gasteiger partial charge in [0.25, 0.3) is 0 Å². The number of nitrogens with two attached hydrogens (primary N) is 1.